The zero-order valence-corrected chi connectivity index (χ0v) is 20.2. The van der Waals surface area contributed by atoms with Crippen molar-refractivity contribution in [2.75, 3.05) is 25.4 Å². The van der Waals surface area contributed by atoms with Crippen LogP contribution in [0.15, 0.2) is 67.0 Å². The van der Waals surface area contributed by atoms with Gasteiger partial charge in [0, 0.05) is 49.4 Å². The van der Waals surface area contributed by atoms with Crippen molar-refractivity contribution in [1.29, 1.82) is 0 Å². The van der Waals surface area contributed by atoms with Crippen LogP contribution >= 0.6 is 23.4 Å². The zero-order valence-electron chi connectivity index (χ0n) is 18.6. The van der Waals surface area contributed by atoms with Gasteiger partial charge >= 0.3 is 0 Å². The first-order valence-electron chi connectivity index (χ1n) is 11.3. The summed E-state index contributed by atoms with van der Waals surface area (Å²) < 4.78 is 1.77. The molecule has 0 saturated carbocycles. The fourth-order valence-electron chi connectivity index (χ4n) is 4.45. The number of fused-ring (bicyclic) bond motifs is 1. The van der Waals surface area contributed by atoms with Gasteiger partial charge in [0.2, 0.25) is 11.8 Å². The van der Waals surface area contributed by atoms with Gasteiger partial charge in [0.15, 0.2) is 0 Å². The average Bonchev–Trinajstić information content (AvgIpc) is 3.31. The van der Waals surface area contributed by atoms with E-state index in [0.717, 1.165) is 23.5 Å². The van der Waals surface area contributed by atoms with Crippen LogP contribution in [-0.2, 0) is 21.9 Å². The Morgan fingerprint density at radius 3 is 2.65 bits per heavy atom. The molecule has 176 valence electrons. The molecule has 2 aliphatic heterocycles. The van der Waals surface area contributed by atoms with E-state index in [2.05, 4.69) is 27.4 Å². The standard InChI is InChI=1S/C25H26ClN5O2S/c26-20-8-4-5-9-22(20)31-14-19(12-27-31)13-29-10-11-30-23(15-29)24(32)28-21(25(30)33)17-34-16-18-6-2-1-3-7-18/h1-9,12,14,21,23H,10-11,13,15-17H2,(H,28,32)/t21-,23+/m0/s1. The van der Waals surface area contributed by atoms with Gasteiger partial charge in [-0.15, -0.1) is 0 Å². The first-order chi connectivity index (χ1) is 16.6. The van der Waals surface area contributed by atoms with Gasteiger partial charge in [-0.1, -0.05) is 54.1 Å². The maximum atomic E-state index is 13.1. The van der Waals surface area contributed by atoms with Crippen molar-refractivity contribution in [1.82, 2.24) is 24.9 Å². The van der Waals surface area contributed by atoms with Crippen molar-refractivity contribution < 1.29 is 9.59 Å². The molecule has 1 N–H and O–H groups in total. The molecule has 0 unspecified atom stereocenters. The number of amides is 2. The lowest BCUT2D eigenvalue weighted by Crippen LogP contribution is -2.69. The number of hydrogen-bond acceptors (Lipinski definition) is 5. The number of hydrogen-bond donors (Lipinski definition) is 1. The van der Waals surface area contributed by atoms with Crippen molar-refractivity contribution in [3.8, 4) is 5.69 Å². The Balaban J connectivity index is 1.17. The van der Waals surface area contributed by atoms with Gasteiger partial charge in [0.25, 0.3) is 0 Å². The third-order valence-corrected chi connectivity index (χ3v) is 7.63. The van der Waals surface area contributed by atoms with Crippen molar-refractivity contribution >= 4 is 35.2 Å². The highest BCUT2D eigenvalue weighted by Crippen LogP contribution is 2.23. The Kier molecular flexibility index (Phi) is 6.89. The molecule has 7 nitrogen and oxygen atoms in total. The van der Waals surface area contributed by atoms with E-state index in [4.69, 9.17) is 11.6 Å². The van der Waals surface area contributed by atoms with E-state index in [-0.39, 0.29) is 11.8 Å². The second-order valence-electron chi connectivity index (χ2n) is 8.59. The van der Waals surface area contributed by atoms with Gasteiger partial charge in [-0.05, 0) is 17.7 Å². The predicted octanol–water partition coefficient (Wildman–Crippen LogP) is 2.97. The highest BCUT2D eigenvalue weighted by atomic mass is 35.5. The summed E-state index contributed by atoms with van der Waals surface area (Å²) in [7, 11) is 0. The summed E-state index contributed by atoms with van der Waals surface area (Å²) in [6, 6.07) is 16.8. The van der Waals surface area contributed by atoms with E-state index < -0.39 is 12.1 Å². The van der Waals surface area contributed by atoms with E-state index in [1.54, 1.807) is 21.3 Å². The number of nitrogens with one attached hydrogen (secondary N) is 1. The largest absolute Gasteiger partial charge is 0.342 e. The van der Waals surface area contributed by atoms with Crippen LogP contribution in [-0.4, -0.2) is 68.9 Å². The number of thioether (sulfide) groups is 1. The van der Waals surface area contributed by atoms with Gasteiger partial charge in [-0.3, -0.25) is 14.5 Å². The number of piperazine rings is 2. The molecule has 0 spiro atoms. The van der Waals surface area contributed by atoms with Crippen molar-refractivity contribution in [3.05, 3.63) is 83.1 Å². The van der Waals surface area contributed by atoms with Crippen molar-refractivity contribution in [2.45, 2.75) is 24.4 Å². The Bertz CT molecular complexity index is 1170. The summed E-state index contributed by atoms with van der Waals surface area (Å²) in [5.41, 5.74) is 3.08. The number of carbonyl (C=O) groups is 2. The Morgan fingerprint density at radius 1 is 1.03 bits per heavy atom. The third-order valence-electron chi connectivity index (χ3n) is 6.20. The molecule has 2 aliphatic rings. The maximum Gasteiger partial charge on any atom is 0.246 e. The van der Waals surface area contributed by atoms with Crippen LogP contribution in [0.5, 0.6) is 0 Å². The lowest BCUT2D eigenvalue weighted by molar-refractivity contribution is -0.152. The van der Waals surface area contributed by atoms with Crippen LogP contribution in [0.4, 0.5) is 0 Å². The van der Waals surface area contributed by atoms with Gasteiger partial charge in [0.1, 0.15) is 12.1 Å². The summed E-state index contributed by atoms with van der Waals surface area (Å²) >= 11 is 7.96. The lowest BCUT2D eigenvalue weighted by atomic mass is 10.0. The molecule has 2 atom stereocenters. The molecule has 3 heterocycles. The SMILES string of the molecule is O=C1N[C@@H](CSCc2ccccc2)C(=O)N2CCN(Cc3cnn(-c4ccccc4Cl)c3)C[C@H]12. The first-order valence-corrected chi connectivity index (χ1v) is 12.8. The normalized spacial score (nSPS) is 20.8. The summed E-state index contributed by atoms with van der Waals surface area (Å²) in [5, 5.41) is 8.04. The highest BCUT2D eigenvalue weighted by Gasteiger charge is 2.43. The second kappa shape index (κ2) is 10.2. The van der Waals surface area contributed by atoms with Crippen LogP contribution < -0.4 is 5.32 Å². The molecule has 9 heteroatoms. The number of benzene rings is 2. The summed E-state index contributed by atoms with van der Waals surface area (Å²) in [6.07, 6.45) is 3.78. The first kappa shape index (κ1) is 23.0. The van der Waals surface area contributed by atoms with E-state index >= 15 is 0 Å². The van der Waals surface area contributed by atoms with E-state index in [0.29, 0.717) is 30.4 Å². The number of para-hydroxylation sites is 1. The molecule has 5 rings (SSSR count). The minimum atomic E-state index is -0.460. The number of carbonyl (C=O) groups excluding carboxylic acids is 2. The Labute approximate surface area is 208 Å². The molecule has 2 amide bonds. The molecule has 2 aromatic carbocycles. The van der Waals surface area contributed by atoms with Crippen LogP contribution in [0.3, 0.4) is 0 Å². The molecular weight excluding hydrogens is 470 g/mol. The number of rotatable bonds is 7. The number of nitrogens with zero attached hydrogens (tertiary/aromatic N) is 4. The summed E-state index contributed by atoms with van der Waals surface area (Å²) in [4.78, 5) is 29.9. The zero-order chi connectivity index (χ0) is 23.5. The molecule has 1 aromatic heterocycles. The number of halogens is 1. The molecule has 0 aliphatic carbocycles. The van der Waals surface area contributed by atoms with Gasteiger partial charge in [-0.2, -0.15) is 16.9 Å². The van der Waals surface area contributed by atoms with Crippen molar-refractivity contribution in [3.63, 3.8) is 0 Å². The minimum absolute atomic E-state index is 0.0244. The third kappa shape index (κ3) is 4.99. The Hall–Kier alpha value is -2.81. The van der Waals surface area contributed by atoms with E-state index in [9.17, 15) is 9.59 Å². The summed E-state index contributed by atoms with van der Waals surface area (Å²) in [5.74, 6) is 1.35. The van der Waals surface area contributed by atoms with E-state index in [1.807, 2.05) is 54.9 Å². The molecule has 3 aromatic rings. The molecule has 0 bridgehead atoms. The summed E-state index contributed by atoms with van der Waals surface area (Å²) in [6.45, 7) is 2.44. The number of aromatic nitrogens is 2. The average molecular weight is 496 g/mol. The smallest absolute Gasteiger partial charge is 0.246 e. The predicted molar refractivity (Wildman–Crippen MR) is 134 cm³/mol. The Morgan fingerprint density at radius 2 is 1.82 bits per heavy atom. The molecule has 2 saturated heterocycles. The maximum absolute atomic E-state index is 13.1. The van der Waals surface area contributed by atoms with Crippen LogP contribution in [0.1, 0.15) is 11.1 Å². The quantitative estimate of drug-likeness (QED) is 0.545. The molecule has 2 fully saturated rings. The van der Waals surface area contributed by atoms with Crippen LogP contribution in [0, 0.1) is 0 Å². The monoisotopic (exact) mass is 495 g/mol. The molecular formula is C25H26ClN5O2S. The fourth-order valence-corrected chi connectivity index (χ4v) is 5.68. The van der Waals surface area contributed by atoms with Crippen molar-refractivity contribution in [2.24, 2.45) is 0 Å². The minimum Gasteiger partial charge on any atom is -0.342 e. The lowest BCUT2D eigenvalue weighted by Gasteiger charge is -2.45. The topological polar surface area (TPSA) is 70.5 Å². The van der Waals surface area contributed by atoms with Gasteiger partial charge in [-0.25, -0.2) is 4.68 Å². The van der Waals surface area contributed by atoms with Crippen LogP contribution in [0.2, 0.25) is 5.02 Å². The molecule has 0 radical (unpaired) electrons. The second-order valence-corrected chi connectivity index (χ2v) is 10.0. The van der Waals surface area contributed by atoms with Gasteiger partial charge < -0.3 is 10.2 Å². The van der Waals surface area contributed by atoms with Gasteiger partial charge in [0.05, 0.1) is 16.9 Å². The van der Waals surface area contributed by atoms with E-state index in [1.165, 1.54) is 5.56 Å². The molecule has 34 heavy (non-hydrogen) atoms. The van der Waals surface area contributed by atoms with Crippen LogP contribution in [0.25, 0.3) is 5.69 Å². The highest BCUT2D eigenvalue weighted by molar-refractivity contribution is 7.98. The fraction of sp³-hybridized carbons (Fsp3) is 0.320.